The maximum absolute atomic E-state index is 13.0. The number of carbonyl (C=O) groups is 1. The van der Waals surface area contributed by atoms with E-state index in [9.17, 15) is 9.59 Å². The van der Waals surface area contributed by atoms with Crippen LogP contribution in [0.4, 0.5) is 4.79 Å². The van der Waals surface area contributed by atoms with Crippen LogP contribution in [-0.4, -0.2) is 12.8 Å². The number of aryl methyl sites for hydroxylation is 1. The van der Waals surface area contributed by atoms with Crippen molar-refractivity contribution in [3.63, 3.8) is 0 Å². The zero-order valence-corrected chi connectivity index (χ0v) is 17.9. The molecule has 0 bridgehead atoms. The molecule has 1 saturated carbocycles. The van der Waals surface area contributed by atoms with Crippen molar-refractivity contribution in [2.45, 2.75) is 51.9 Å². The van der Waals surface area contributed by atoms with Crippen molar-refractivity contribution in [2.75, 3.05) is 6.61 Å². The number of hydrogen-bond acceptors (Lipinski definition) is 5. The zero-order valence-electron chi connectivity index (χ0n) is 17.9. The molecule has 0 N–H and O–H groups in total. The van der Waals surface area contributed by atoms with E-state index in [-0.39, 0.29) is 5.43 Å². The SMILES string of the molecule is Cc1cc(OC(=O)OCCCC2CCCCC2)cc2occ(-c3ccccc3)c(=O)c12. The minimum absolute atomic E-state index is 0.109. The number of hydrogen-bond donors (Lipinski definition) is 0. The zero-order chi connectivity index (χ0) is 21.6. The lowest BCUT2D eigenvalue weighted by Gasteiger charge is -2.21. The van der Waals surface area contributed by atoms with Crippen LogP contribution in [-0.2, 0) is 4.74 Å². The summed E-state index contributed by atoms with van der Waals surface area (Å²) in [6.45, 7) is 2.16. The summed E-state index contributed by atoms with van der Waals surface area (Å²) in [5.74, 6) is 1.07. The van der Waals surface area contributed by atoms with Gasteiger partial charge in [-0.25, -0.2) is 4.79 Å². The summed E-state index contributed by atoms with van der Waals surface area (Å²) >= 11 is 0. The third-order valence-corrected chi connectivity index (χ3v) is 6.04. The molecule has 4 rings (SSSR count). The minimum atomic E-state index is -0.731. The smallest absolute Gasteiger partial charge is 0.463 e. The quantitative estimate of drug-likeness (QED) is 0.254. The van der Waals surface area contributed by atoms with E-state index in [2.05, 4.69) is 0 Å². The van der Waals surface area contributed by atoms with Crippen molar-refractivity contribution in [1.29, 1.82) is 0 Å². The first kappa shape index (κ1) is 21.2. The van der Waals surface area contributed by atoms with Crippen LogP contribution >= 0.6 is 0 Å². The van der Waals surface area contributed by atoms with Crippen molar-refractivity contribution in [1.82, 2.24) is 0 Å². The molecule has 5 heteroatoms. The van der Waals surface area contributed by atoms with Gasteiger partial charge in [0.05, 0.1) is 17.6 Å². The van der Waals surface area contributed by atoms with Gasteiger partial charge in [0.2, 0.25) is 5.43 Å². The van der Waals surface area contributed by atoms with E-state index in [1.54, 1.807) is 19.1 Å². The van der Waals surface area contributed by atoms with Gasteiger partial charge in [0.25, 0.3) is 0 Å². The fourth-order valence-corrected chi connectivity index (χ4v) is 4.42. The Morgan fingerprint density at radius 1 is 1.10 bits per heavy atom. The molecule has 31 heavy (non-hydrogen) atoms. The monoisotopic (exact) mass is 420 g/mol. The van der Waals surface area contributed by atoms with E-state index in [0.717, 1.165) is 24.3 Å². The topological polar surface area (TPSA) is 65.7 Å². The average Bonchev–Trinajstić information content (AvgIpc) is 2.78. The van der Waals surface area contributed by atoms with Crippen molar-refractivity contribution in [3.05, 3.63) is 64.5 Å². The molecule has 0 amide bonds. The van der Waals surface area contributed by atoms with Crippen molar-refractivity contribution >= 4 is 17.1 Å². The second kappa shape index (κ2) is 9.82. The van der Waals surface area contributed by atoms with Gasteiger partial charge in [-0.15, -0.1) is 0 Å². The van der Waals surface area contributed by atoms with E-state index in [1.165, 1.54) is 38.4 Å². The third kappa shape index (κ3) is 5.16. The van der Waals surface area contributed by atoms with Gasteiger partial charge in [-0.05, 0) is 42.9 Å². The summed E-state index contributed by atoms with van der Waals surface area (Å²) in [6.07, 6.45) is 9.23. The van der Waals surface area contributed by atoms with Crippen molar-refractivity contribution in [2.24, 2.45) is 5.92 Å². The molecule has 0 aliphatic heterocycles. The molecule has 1 fully saturated rings. The molecule has 3 aromatic rings. The van der Waals surface area contributed by atoms with Crippen LogP contribution in [0.3, 0.4) is 0 Å². The van der Waals surface area contributed by atoms with Crippen LogP contribution in [0, 0.1) is 12.8 Å². The first-order valence-corrected chi connectivity index (χ1v) is 11.1. The second-order valence-corrected chi connectivity index (χ2v) is 8.30. The highest BCUT2D eigenvalue weighted by atomic mass is 16.7. The van der Waals surface area contributed by atoms with Crippen LogP contribution in [0.2, 0.25) is 0 Å². The van der Waals surface area contributed by atoms with Gasteiger partial charge in [0.15, 0.2) is 0 Å². The Hall–Kier alpha value is -3.08. The van der Waals surface area contributed by atoms with E-state index < -0.39 is 6.16 Å². The highest BCUT2D eigenvalue weighted by Crippen LogP contribution is 2.28. The first-order valence-electron chi connectivity index (χ1n) is 11.1. The lowest BCUT2D eigenvalue weighted by molar-refractivity contribution is 0.0954. The molecule has 5 nitrogen and oxygen atoms in total. The van der Waals surface area contributed by atoms with Gasteiger partial charge in [0.1, 0.15) is 17.6 Å². The lowest BCUT2D eigenvalue weighted by Crippen LogP contribution is -2.13. The average molecular weight is 421 g/mol. The molecule has 0 radical (unpaired) electrons. The largest absolute Gasteiger partial charge is 0.513 e. The van der Waals surface area contributed by atoms with Gasteiger partial charge in [-0.2, -0.15) is 0 Å². The summed E-state index contributed by atoms with van der Waals surface area (Å²) in [6, 6.07) is 12.6. The first-order chi connectivity index (χ1) is 15.1. The molecular formula is C26H28O5. The van der Waals surface area contributed by atoms with E-state index in [0.29, 0.717) is 34.5 Å². The van der Waals surface area contributed by atoms with Crippen molar-refractivity contribution in [3.8, 4) is 16.9 Å². The van der Waals surface area contributed by atoms with Gasteiger partial charge < -0.3 is 13.9 Å². The molecule has 0 spiro atoms. The Labute approximate surface area is 182 Å². The van der Waals surface area contributed by atoms with Gasteiger partial charge >= 0.3 is 6.16 Å². The predicted molar refractivity (Wildman–Crippen MR) is 120 cm³/mol. The Morgan fingerprint density at radius 3 is 2.65 bits per heavy atom. The van der Waals surface area contributed by atoms with Gasteiger partial charge in [-0.1, -0.05) is 62.4 Å². The van der Waals surface area contributed by atoms with E-state index >= 15 is 0 Å². The molecule has 162 valence electrons. The highest BCUT2D eigenvalue weighted by molar-refractivity contribution is 5.86. The standard InChI is InChI=1S/C26H28O5/c1-18-15-21(31-26(28)29-14-8-11-19-9-4-2-5-10-19)16-23-24(18)25(27)22(17-30-23)20-12-6-3-7-13-20/h3,6-7,12-13,15-17,19H,2,4-5,8-11,14H2,1H3. The van der Waals surface area contributed by atoms with Crippen molar-refractivity contribution < 1.29 is 18.7 Å². The molecule has 0 atom stereocenters. The Balaban J connectivity index is 1.40. The molecule has 0 unspecified atom stereocenters. The minimum Gasteiger partial charge on any atom is -0.463 e. The summed E-state index contributed by atoms with van der Waals surface area (Å²) in [7, 11) is 0. The van der Waals surface area contributed by atoms with E-state index in [1.807, 2.05) is 30.3 Å². The molecule has 1 aliphatic carbocycles. The number of benzene rings is 2. The Morgan fingerprint density at radius 2 is 1.87 bits per heavy atom. The Bertz CT molecular complexity index is 1090. The third-order valence-electron chi connectivity index (χ3n) is 6.04. The van der Waals surface area contributed by atoms with Crippen LogP contribution in [0.25, 0.3) is 22.1 Å². The molecule has 1 aromatic heterocycles. The summed E-state index contributed by atoms with van der Waals surface area (Å²) in [5.41, 5.74) is 2.26. The Kier molecular flexibility index (Phi) is 6.70. The molecule has 1 aliphatic rings. The van der Waals surface area contributed by atoms with Crippen LogP contribution < -0.4 is 10.2 Å². The maximum atomic E-state index is 13.0. The molecular weight excluding hydrogens is 392 g/mol. The number of fused-ring (bicyclic) bond motifs is 1. The predicted octanol–water partition coefficient (Wildman–Crippen LogP) is 6.64. The lowest BCUT2D eigenvalue weighted by atomic mass is 9.86. The normalized spacial score (nSPS) is 14.5. The number of rotatable bonds is 6. The fourth-order valence-electron chi connectivity index (χ4n) is 4.42. The second-order valence-electron chi connectivity index (χ2n) is 8.30. The molecule has 0 saturated heterocycles. The number of ether oxygens (including phenoxy) is 2. The van der Waals surface area contributed by atoms with Gasteiger partial charge in [0, 0.05) is 6.07 Å². The maximum Gasteiger partial charge on any atom is 0.513 e. The fraction of sp³-hybridized carbons (Fsp3) is 0.385. The van der Waals surface area contributed by atoms with Gasteiger partial charge in [-0.3, -0.25) is 4.79 Å². The summed E-state index contributed by atoms with van der Waals surface area (Å²) in [4.78, 5) is 25.1. The molecule has 2 aromatic carbocycles. The van der Waals surface area contributed by atoms with E-state index in [4.69, 9.17) is 13.9 Å². The highest BCUT2D eigenvalue weighted by Gasteiger charge is 2.16. The van der Waals surface area contributed by atoms with Crippen LogP contribution in [0.15, 0.2) is 57.9 Å². The summed E-state index contributed by atoms with van der Waals surface area (Å²) < 4.78 is 16.3. The van der Waals surface area contributed by atoms with Crippen LogP contribution in [0.1, 0.15) is 50.5 Å². The van der Waals surface area contributed by atoms with Crippen LogP contribution in [0.5, 0.6) is 5.75 Å². The molecule has 1 heterocycles. The summed E-state index contributed by atoms with van der Waals surface area (Å²) in [5, 5.41) is 0.481. The number of carbonyl (C=O) groups excluding carboxylic acids is 1.